The number of aromatic nitrogens is 1. The smallest absolute Gasteiger partial charge is 0.255 e. The van der Waals surface area contributed by atoms with Crippen molar-refractivity contribution in [3.63, 3.8) is 0 Å². The van der Waals surface area contributed by atoms with E-state index in [0.29, 0.717) is 30.3 Å². The molecule has 0 unspecified atom stereocenters. The molecule has 1 aliphatic rings. The highest BCUT2D eigenvalue weighted by Crippen LogP contribution is 2.31. The molecule has 1 aromatic heterocycles. The predicted molar refractivity (Wildman–Crippen MR) is 114 cm³/mol. The van der Waals surface area contributed by atoms with Gasteiger partial charge in [-0.3, -0.25) is 4.79 Å². The third kappa shape index (κ3) is 3.79. The van der Waals surface area contributed by atoms with Crippen LogP contribution < -0.4 is 14.8 Å². The van der Waals surface area contributed by atoms with Gasteiger partial charge in [-0.1, -0.05) is 24.3 Å². The van der Waals surface area contributed by atoms with Crippen molar-refractivity contribution in [3.8, 4) is 11.5 Å². The van der Waals surface area contributed by atoms with E-state index in [2.05, 4.69) is 16.4 Å². The molecule has 0 saturated heterocycles. The Kier molecular flexibility index (Phi) is 4.62. The Morgan fingerprint density at radius 3 is 2.59 bits per heavy atom. The minimum absolute atomic E-state index is 0.180. The Morgan fingerprint density at radius 2 is 1.76 bits per heavy atom. The standard InChI is InChI=1S/C23H18N2O3S/c26-23(16-7-10-19-20(14-16)28-12-11-27-19)24-17-8-5-15(6-9-17)13-22-25-18-3-1-2-4-21(18)29-22/h1-10,14H,11-13H2,(H,24,26). The lowest BCUT2D eigenvalue weighted by atomic mass is 10.1. The normalized spacial score (nSPS) is 12.7. The molecule has 0 fully saturated rings. The van der Waals surface area contributed by atoms with Gasteiger partial charge in [-0.15, -0.1) is 11.3 Å². The number of thiazole rings is 1. The molecule has 0 atom stereocenters. The molecule has 0 saturated carbocycles. The maximum absolute atomic E-state index is 12.6. The fourth-order valence-corrected chi connectivity index (χ4v) is 4.27. The van der Waals surface area contributed by atoms with E-state index in [1.807, 2.05) is 42.5 Å². The van der Waals surface area contributed by atoms with Crippen LogP contribution in [0.25, 0.3) is 10.2 Å². The second kappa shape index (κ2) is 7.56. The van der Waals surface area contributed by atoms with E-state index >= 15 is 0 Å². The third-order valence-electron chi connectivity index (χ3n) is 4.71. The number of ether oxygens (including phenoxy) is 2. The Labute approximate surface area is 171 Å². The van der Waals surface area contributed by atoms with E-state index in [9.17, 15) is 4.79 Å². The van der Waals surface area contributed by atoms with Crippen LogP contribution in [0, 0.1) is 0 Å². The second-order valence-corrected chi connectivity index (χ2v) is 7.88. The van der Waals surface area contributed by atoms with E-state index in [4.69, 9.17) is 9.47 Å². The van der Waals surface area contributed by atoms with E-state index in [1.54, 1.807) is 29.5 Å². The van der Waals surface area contributed by atoms with Gasteiger partial charge < -0.3 is 14.8 Å². The van der Waals surface area contributed by atoms with Crippen LogP contribution in [0.3, 0.4) is 0 Å². The van der Waals surface area contributed by atoms with Crippen molar-refractivity contribution in [3.05, 3.63) is 82.9 Å². The number of fused-ring (bicyclic) bond motifs is 2. The van der Waals surface area contributed by atoms with Crippen LogP contribution in [0.4, 0.5) is 5.69 Å². The highest BCUT2D eigenvalue weighted by molar-refractivity contribution is 7.18. The van der Waals surface area contributed by atoms with Gasteiger partial charge in [0.25, 0.3) is 5.91 Å². The first-order valence-corrected chi connectivity index (χ1v) is 10.2. The fourth-order valence-electron chi connectivity index (χ4n) is 3.26. The topological polar surface area (TPSA) is 60.5 Å². The number of amides is 1. The number of carbonyl (C=O) groups is 1. The SMILES string of the molecule is O=C(Nc1ccc(Cc2nc3ccccc3s2)cc1)c1ccc2c(c1)OCCO2. The summed E-state index contributed by atoms with van der Waals surface area (Å²) in [6.45, 7) is 1.02. The molecule has 0 aliphatic carbocycles. The maximum atomic E-state index is 12.6. The molecule has 1 N–H and O–H groups in total. The summed E-state index contributed by atoms with van der Waals surface area (Å²) in [7, 11) is 0. The van der Waals surface area contributed by atoms with Crippen LogP contribution in [-0.2, 0) is 6.42 Å². The Bertz CT molecular complexity index is 1150. The van der Waals surface area contributed by atoms with Crippen LogP contribution in [0.1, 0.15) is 20.9 Å². The fraction of sp³-hybridized carbons (Fsp3) is 0.130. The molecule has 4 aromatic rings. The molecular weight excluding hydrogens is 384 g/mol. The van der Waals surface area contributed by atoms with Crippen molar-refractivity contribution in [2.75, 3.05) is 18.5 Å². The van der Waals surface area contributed by atoms with Gasteiger partial charge in [0, 0.05) is 17.7 Å². The minimum Gasteiger partial charge on any atom is -0.486 e. The molecule has 5 nitrogen and oxygen atoms in total. The number of benzene rings is 3. The number of hydrogen-bond donors (Lipinski definition) is 1. The van der Waals surface area contributed by atoms with Crippen LogP contribution in [0.5, 0.6) is 11.5 Å². The number of para-hydroxylation sites is 1. The van der Waals surface area contributed by atoms with Gasteiger partial charge in [-0.2, -0.15) is 0 Å². The molecule has 1 aliphatic heterocycles. The molecule has 29 heavy (non-hydrogen) atoms. The number of anilines is 1. The second-order valence-electron chi connectivity index (χ2n) is 6.76. The predicted octanol–water partition coefficient (Wildman–Crippen LogP) is 4.91. The van der Waals surface area contributed by atoms with Crippen molar-refractivity contribution >= 4 is 33.1 Å². The first-order chi connectivity index (χ1) is 14.2. The summed E-state index contributed by atoms with van der Waals surface area (Å²) in [6.07, 6.45) is 0.774. The van der Waals surface area contributed by atoms with Crippen LogP contribution in [0.2, 0.25) is 0 Å². The Hall–Kier alpha value is -3.38. The van der Waals surface area contributed by atoms with E-state index in [1.165, 1.54) is 4.70 Å². The summed E-state index contributed by atoms with van der Waals surface area (Å²) in [5.41, 5.74) is 3.47. The molecule has 144 valence electrons. The summed E-state index contributed by atoms with van der Waals surface area (Å²) in [6, 6.07) is 21.3. The lowest BCUT2D eigenvalue weighted by molar-refractivity contribution is 0.102. The minimum atomic E-state index is -0.180. The maximum Gasteiger partial charge on any atom is 0.255 e. The molecule has 0 spiro atoms. The number of nitrogens with one attached hydrogen (secondary N) is 1. The van der Waals surface area contributed by atoms with Crippen molar-refractivity contribution in [1.82, 2.24) is 4.98 Å². The van der Waals surface area contributed by atoms with Gasteiger partial charge in [0.1, 0.15) is 13.2 Å². The van der Waals surface area contributed by atoms with Gasteiger partial charge in [-0.25, -0.2) is 4.98 Å². The molecular formula is C23H18N2O3S. The molecule has 0 bridgehead atoms. The van der Waals surface area contributed by atoms with Gasteiger partial charge in [0.15, 0.2) is 11.5 Å². The van der Waals surface area contributed by atoms with Crippen molar-refractivity contribution in [2.24, 2.45) is 0 Å². The van der Waals surface area contributed by atoms with Crippen molar-refractivity contribution in [1.29, 1.82) is 0 Å². The quantitative estimate of drug-likeness (QED) is 0.527. The highest BCUT2D eigenvalue weighted by atomic mass is 32.1. The number of hydrogen-bond acceptors (Lipinski definition) is 5. The first-order valence-electron chi connectivity index (χ1n) is 9.39. The molecule has 1 amide bonds. The Balaban J connectivity index is 1.27. The van der Waals surface area contributed by atoms with Crippen LogP contribution in [0.15, 0.2) is 66.7 Å². The van der Waals surface area contributed by atoms with E-state index in [0.717, 1.165) is 28.2 Å². The summed E-state index contributed by atoms with van der Waals surface area (Å²) in [4.78, 5) is 17.2. The van der Waals surface area contributed by atoms with Gasteiger partial charge >= 0.3 is 0 Å². The van der Waals surface area contributed by atoms with Gasteiger partial charge in [0.2, 0.25) is 0 Å². The van der Waals surface area contributed by atoms with Gasteiger partial charge in [-0.05, 0) is 48.0 Å². The van der Waals surface area contributed by atoms with E-state index < -0.39 is 0 Å². The Morgan fingerprint density at radius 1 is 0.966 bits per heavy atom. The zero-order chi connectivity index (χ0) is 19.6. The number of rotatable bonds is 4. The zero-order valence-corrected chi connectivity index (χ0v) is 16.4. The summed E-state index contributed by atoms with van der Waals surface area (Å²) >= 11 is 1.71. The molecule has 5 rings (SSSR count). The van der Waals surface area contributed by atoms with E-state index in [-0.39, 0.29) is 5.91 Å². The molecule has 0 radical (unpaired) electrons. The zero-order valence-electron chi connectivity index (χ0n) is 15.6. The van der Waals surface area contributed by atoms with Crippen molar-refractivity contribution in [2.45, 2.75) is 6.42 Å². The summed E-state index contributed by atoms with van der Waals surface area (Å²) in [5, 5.41) is 4.01. The lowest BCUT2D eigenvalue weighted by Crippen LogP contribution is -2.17. The average Bonchev–Trinajstić information content (AvgIpc) is 3.17. The summed E-state index contributed by atoms with van der Waals surface area (Å²) < 4.78 is 12.2. The monoisotopic (exact) mass is 402 g/mol. The highest BCUT2D eigenvalue weighted by Gasteiger charge is 2.15. The average molecular weight is 402 g/mol. The lowest BCUT2D eigenvalue weighted by Gasteiger charge is -2.18. The first kappa shape index (κ1) is 17.7. The molecule has 3 aromatic carbocycles. The number of nitrogens with zero attached hydrogens (tertiary/aromatic N) is 1. The van der Waals surface area contributed by atoms with Crippen molar-refractivity contribution < 1.29 is 14.3 Å². The summed E-state index contributed by atoms with van der Waals surface area (Å²) in [5.74, 6) is 1.10. The third-order valence-corrected chi connectivity index (χ3v) is 5.75. The van der Waals surface area contributed by atoms with Crippen LogP contribution >= 0.6 is 11.3 Å². The largest absolute Gasteiger partial charge is 0.486 e. The van der Waals surface area contributed by atoms with Gasteiger partial charge in [0.05, 0.1) is 15.2 Å². The molecule has 6 heteroatoms. The van der Waals surface area contributed by atoms with Crippen LogP contribution in [-0.4, -0.2) is 24.1 Å². The number of carbonyl (C=O) groups excluding carboxylic acids is 1. The molecule has 2 heterocycles.